The highest BCUT2D eigenvalue weighted by Crippen LogP contribution is 2.25. The molecule has 33 heavy (non-hydrogen) atoms. The van der Waals surface area contributed by atoms with Crippen LogP contribution in [-0.4, -0.2) is 55.1 Å². The van der Waals surface area contributed by atoms with Crippen molar-refractivity contribution in [3.8, 4) is 11.5 Å². The summed E-state index contributed by atoms with van der Waals surface area (Å²) in [6.45, 7) is 5.02. The van der Waals surface area contributed by atoms with E-state index >= 15 is 0 Å². The summed E-state index contributed by atoms with van der Waals surface area (Å²) in [5.41, 5.74) is 1.48. The first-order valence-corrected chi connectivity index (χ1v) is 11.7. The van der Waals surface area contributed by atoms with E-state index in [9.17, 15) is 4.79 Å². The van der Waals surface area contributed by atoms with Gasteiger partial charge in [0.25, 0.3) is 5.91 Å². The zero-order valence-electron chi connectivity index (χ0n) is 18.3. The molecule has 0 bridgehead atoms. The normalized spacial score (nSPS) is 14.1. The molecule has 1 heterocycles. The van der Waals surface area contributed by atoms with Crippen molar-refractivity contribution in [3.05, 3.63) is 94.0 Å². The lowest BCUT2D eigenvalue weighted by Gasteiger charge is -2.30. The Morgan fingerprint density at radius 1 is 0.939 bits per heavy atom. The number of hydrogen-bond donors (Lipinski definition) is 0. The lowest BCUT2D eigenvalue weighted by molar-refractivity contribution is 0.0320. The first-order chi connectivity index (χ1) is 16.1. The smallest absolute Gasteiger partial charge is 0.255 e. The summed E-state index contributed by atoms with van der Waals surface area (Å²) < 4.78 is 11.4. The van der Waals surface area contributed by atoms with Crippen molar-refractivity contribution in [1.29, 1.82) is 0 Å². The Balaban J connectivity index is 1.50. The van der Waals surface area contributed by atoms with Gasteiger partial charge in [-0.1, -0.05) is 47.5 Å². The monoisotopic (exact) mass is 484 g/mol. The molecule has 0 N–H and O–H groups in total. The fourth-order valence-corrected chi connectivity index (χ4v) is 4.05. The average molecular weight is 485 g/mol. The van der Waals surface area contributed by atoms with Crippen LogP contribution in [0.15, 0.2) is 72.8 Å². The molecule has 1 aliphatic heterocycles. The molecule has 1 fully saturated rings. The molecule has 3 aromatic rings. The van der Waals surface area contributed by atoms with Crippen LogP contribution in [0, 0.1) is 0 Å². The van der Waals surface area contributed by atoms with Crippen molar-refractivity contribution in [1.82, 2.24) is 9.80 Å². The standard InChI is InChI=1S/C26H26Cl2N2O3/c27-21-8-10-22(11-9-21)33-23-5-3-4-20(18-23)19-30(13-12-29-14-16-32-17-15-29)26(31)24-6-1-2-7-25(24)28/h1-11,18H,12-17,19H2. The van der Waals surface area contributed by atoms with Crippen molar-refractivity contribution in [2.75, 3.05) is 39.4 Å². The van der Waals surface area contributed by atoms with E-state index < -0.39 is 0 Å². The minimum Gasteiger partial charge on any atom is -0.457 e. The molecule has 3 aromatic carbocycles. The van der Waals surface area contributed by atoms with Crippen LogP contribution in [0.4, 0.5) is 0 Å². The fraction of sp³-hybridized carbons (Fsp3) is 0.269. The molecule has 0 aromatic heterocycles. The zero-order chi connectivity index (χ0) is 23.0. The van der Waals surface area contributed by atoms with E-state index in [1.807, 2.05) is 53.4 Å². The van der Waals surface area contributed by atoms with Crippen LogP contribution in [0.25, 0.3) is 0 Å². The minimum absolute atomic E-state index is 0.0853. The van der Waals surface area contributed by atoms with Gasteiger partial charge < -0.3 is 14.4 Å². The van der Waals surface area contributed by atoms with Crippen molar-refractivity contribution < 1.29 is 14.3 Å². The van der Waals surface area contributed by atoms with Crippen molar-refractivity contribution >= 4 is 29.1 Å². The van der Waals surface area contributed by atoms with Gasteiger partial charge in [0.2, 0.25) is 0 Å². The number of carbonyl (C=O) groups is 1. The van der Waals surface area contributed by atoms with Gasteiger partial charge in [-0.15, -0.1) is 0 Å². The van der Waals surface area contributed by atoms with Gasteiger partial charge in [-0.05, 0) is 54.1 Å². The predicted molar refractivity (Wildman–Crippen MR) is 131 cm³/mol. The van der Waals surface area contributed by atoms with Crippen LogP contribution < -0.4 is 4.74 Å². The van der Waals surface area contributed by atoms with Crippen molar-refractivity contribution in [2.45, 2.75) is 6.54 Å². The topological polar surface area (TPSA) is 42.0 Å². The predicted octanol–water partition coefficient (Wildman–Crippen LogP) is 5.76. The molecule has 0 radical (unpaired) electrons. The molecule has 1 aliphatic rings. The number of rotatable bonds is 8. The second-order valence-electron chi connectivity index (χ2n) is 7.86. The molecular weight excluding hydrogens is 459 g/mol. The van der Waals surface area contributed by atoms with Gasteiger partial charge in [0.1, 0.15) is 11.5 Å². The van der Waals surface area contributed by atoms with Crippen molar-refractivity contribution in [2.24, 2.45) is 0 Å². The van der Waals surface area contributed by atoms with Crippen molar-refractivity contribution in [3.63, 3.8) is 0 Å². The first kappa shape index (κ1) is 23.6. The molecule has 4 rings (SSSR count). The molecular formula is C26H26Cl2N2O3. The van der Waals surface area contributed by atoms with Gasteiger partial charge in [0.15, 0.2) is 0 Å². The molecule has 0 aliphatic carbocycles. The Kier molecular flexibility index (Phi) is 8.24. The summed E-state index contributed by atoms with van der Waals surface area (Å²) in [6.07, 6.45) is 0. The molecule has 0 atom stereocenters. The maximum atomic E-state index is 13.4. The Morgan fingerprint density at radius 3 is 2.45 bits per heavy atom. The molecule has 0 saturated carbocycles. The van der Waals surface area contributed by atoms with Crippen LogP contribution in [-0.2, 0) is 11.3 Å². The van der Waals surface area contributed by atoms with Crippen LogP contribution in [0.1, 0.15) is 15.9 Å². The molecule has 0 spiro atoms. The van der Waals surface area contributed by atoms with Crippen LogP contribution in [0.2, 0.25) is 10.0 Å². The Morgan fingerprint density at radius 2 is 1.70 bits per heavy atom. The Hall–Kier alpha value is -2.57. The minimum atomic E-state index is -0.0853. The molecule has 0 unspecified atom stereocenters. The fourth-order valence-electron chi connectivity index (χ4n) is 3.71. The number of amides is 1. The van der Waals surface area contributed by atoms with E-state index in [0.717, 1.165) is 38.4 Å². The lowest BCUT2D eigenvalue weighted by Crippen LogP contribution is -2.43. The highest BCUT2D eigenvalue weighted by atomic mass is 35.5. The summed E-state index contributed by atoms with van der Waals surface area (Å²) in [5.74, 6) is 1.32. The number of morpholine rings is 1. The average Bonchev–Trinajstić information content (AvgIpc) is 2.84. The summed E-state index contributed by atoms with van der Waals surface area (Å²) in [6, 6.07) is 22.2. The molecule has 172 valence electrons. The number of carbonyl (C=O) groups excluding carboxylic acids is 1. The maximum Gasteiger partial charge on any atom is 0.255 e. The van der Waals surface area contributed by atoms with E-state index in [0.29, 0.717) is 40.2 Å². The van der Waals surface area contributed by atoms with Gasteiger partial charge in [-0.2, -0.15) is 0 Å². The largest absolute Gasteiger partial charge is 0.457 e. The Labute approximate surface area is 204 Å². The summed E-state index contributed by atoms with van der Waals surface area (Å²) in [4.78, 5) is 17.6. The van der Waals surface area contributed by atoms with E-state index in [2.05, 4.69) is 4.90 Å². The number of nitrogens with zero attached hydrogens (tertiary/aromatic N) is 2. The molecule has 5 nitrogen and oxygen atoms in total. The number of halogens is 2. The van der Waals surface area contributed by atoms with Gasteiger partial charge in [0.05, 0.1) is 23.8 Å². The zero-order valence-corrected chi connectivity index (χ0v) is 19.8. The van der Waals surface area contributed by atoms with Crippen LogP contribution in [0.3, 0.4) is 0 Å². The third-order valence-electron chi connectivity index (χ3n) is 5.50. The highest BCUT2D eigenvalue weighted by molar-refractivity contribution is 6.33. The van der Waals surface area contributed by atoms with Crippen LogP contribution in [0.5, 0.6) is 11.5 Å². The molecule has 7 heteroatoms. The quantitative estimate of drug-likeness (QED) is 0.407. The lowest BCUT2D eigenvalue weighted by atomic mass is 10.1. The second kappa shape index (κ2) is 11.5. The van der Waals surface area contributed by atoms with Gasteiger partial charge in [0, 0.05) is 37.7 Å². The van der Waals surface area contributed by atoms with E-state index in [-0.39, 0.29) is 5.91 Å². The van der Waals surface area contributed by atoms with E-state index in [1.54, 1.807) is 24.3 Å². The summed E-state index contributed by atoms with van der Waals surface area (Å²) >= 11 is 12.3. The number of hydrogen-bond acceptors (Lipinski definition) is 4. The second-order valence-corrected chi connectivity index (χ2v) is 8.71. The number of benzene rings is 3. The molecule has 1 saturated heterocycles. The summed E-state index contributed by atoms with van der Waals surface area (Å²) in [7, 11) is 0. The van der Waals surface area contributed by atoms with E-state index in [4.69, 9.17) is 32.7 Å². The number of ether oxygens (including phenoxy) is 2. The third-order valence-corrected chi connectivity index (χ3v) is 6.08. The summed E-state index contributed by atoms with van der Waals surface area (Å²) in [5, 5.41) is 1.11. The highest BCUT2D eigenvalue weighted by Gasteiger charge is 2.20. The van der Waals surface area contributed by atoms with Crippen LogP contribution >= 0.6 is 23.2 Å². The van der Waals surface area contributed by atoms with Gasteiger partial charge >= 0.3 is 0 Å². The van der Waals surface area contributed by atoms with E-state index in [1.165, 1.54) is 0 Å². The Bertz CT molecular complexity index is 1070. The SMILES string of the molecule is O=C(c1ccccc1Cl)N(CCN1CCOCC1)Cc1cccc(Oc2ccc(Cl)cc2)c1. The third kappa shape index (κ3) is 6.71. The maximum absolute atomic E-state index is 13.4. The van der Waals surface area contributed by atoms with Gasteiger partial charge in [-0.3, -0.25) is 9.69 Å². The first-order valence-electron chi connectivity index (χ1n) is 10.9. The molecule has 1 amide bonds. The van der Waals surface area contributed by atoms with Gasteiger partial charge in [-0.25, -0.2) is 0 Å².